The largest absolute Gasteiger partial charge is 0.346 e. The number of pyridine rings is 1. The first kappa shape index (κ1) is 16.9. The zero-order valence-electron chi connectivity index (χ0n) is 14.0. The molecule has 1 aromatic carbocycles. The molecule has 8 nitrogen and oxygen atoms in total. The van der Waals surface area contributed by atoms with Gasteiger partial charge in [0.2, 0.25) is 0 Å². The second-order valence-electron chi connectivity index (χ2n) is 5.66. The third-order valence-electron chi connectivity index (χ3n) is 3.91. The Morgan fingerprint density at radius 1 is 1.22 bits per heavy atom. The van der Waals surface area contributed by atoms with Crippen LogP contribution >= 0.6 is 11.6 Å². The summed E-state index contributed by atoms with van der Waals surface area (Å²) in [6.07, 6.45) is 4.64. The molecule has 0 aliphatic rings. The number of rotatable bonds is 5. The maximum atomic E-state index is 12.5. The molecule has 0 aliphatic heterocycles. The molecule has 0 spiro atoms. The van der Waals surface area contributed by atoms with Crippen LogP contribution in [0.2, 0.25) is 5.02 Å². The van der Waals surface area contributed by atoms with Crippen molar-refractivity contribution in [1.82, 2.24) is 35.3 Å². The van der Waals surface area contributed by atoms with E-state index < -0.39 is 0 Å². The van der Waals surface area contributed by atoms with Crippen molar-refractivity contribution < 1.29 is 4.79 Å². The first-order valence-electron chi connectivity index (χ1n) is 8.10. The van der Waals surface area contributed by atoms with Gasteiger partial charge in [0, 0.05) is 23.9 Å². The minimum absolute atomic E-state index is 0.280. The topological polar surface area (TPSA) is 101 Å². The van der Waals surface area contributed by atoms with Gasteiger partial charge < -0.3 is 5.32 Å². The lowest BCUT2D eigenvalue weighted by molar-refractivity contribution is 0.0946. The number of carbonyl (C=O) groups excluding carboxylic acids is 1. The van der Waals surface area contributed by atoms with Gasteiger partial charge in [0.25, 0.3) is 5.91 Å². The van der Waals surface area contributed by atoms with Gasteiger partial charge in [-0.25, -0.2) is 14.6 Å². The highest BCUT2D eigenvalue weighted by Crippen LogP contribution is 2.26. The van der Waals surface area contributed by atoms with Crippen molar-refractivity contribution in [2.24, 2.45) is 0 Å². The highest BCUT2D eigenvalue weighted by atomic mass is 35.5. The van der Waals surface area contributed by atoms with E-state index in [0.29, 0.717) is 22.2 Å². The molecule has 134 valence electrons. The fourth-order valence-corrected chi connectivity index (χ4v) is 2.84. The molecule has 0 radical (unpaired) electrons. The summed E-state index contributed by atoms with van der Waals surface area (Å²) in [5.41, 5.74) is 2.52. The number of hydrogen-bond donors (Lipinski definition) is 2. The Hall–Kier alpha value is -3.52. The van der Waals surface area contributed by atoms with Crippen molar-refractivity contribution in [3.05, 3.63) is 77.6 Å². The molecule has 0 bridgehead atoms. The van der Waals surface area contributed by atoms with Crippen LogP contribution in [0.1, 0.15) is 16.1 Å². The smallest absolute Gasteiger partial charge is 0.269 e. The van der Waals surface area contributed by atoms with Crippen LogP contribution in [0, 0.1) is 0 Å². The average molecular weight is 380 g/mol. The Labute approximate surface area is 159 Å². The summed E-state index contributed by atoms with van der Waals surface area (Å²) < 4.78 is 1.55. The van der Waals surface area contributed by atoms with E-state index in [9.17, 15) is 4.79 Å². The minimum atomic E-state index is -0.283. The standard InChI is InChI=1S/C18H14ClN7O/c19-14-6-2-1-5-13(14)15-8-16(25-24-15)18(27)22-9-12-4-3-7-21-17(12)26-11-20-10-23-26/h1-8,10-11H,9H2,(H,22,27)(H,24,25). The molecular formula is C18H14ClN7O. The molecule has 4 rings (SSSR count). The van der Waals surface area contributed by atoms with Crippen LogP contribution in [0.5, 0.6) is 0 Å². The summed E-state index contributed by atoms with van der Waals surface area (Å²) in [4.78, 5) is 20.7. The number of nitrogens with one attached hydrogen (secondary N) is 2. The van der Waals surface area contributed by atoms with E-state index in [4.69, 9.17) is 11.6 Å². The van der Waals surface area contributed by atoms with Crippen LogP contribution in [0.3, 0.4) is 0 Å². The molecule has 0 saturated heterocycles. The van der Waals surface area contributed by atoms with Gasteiger partial charge in [-0.3, -0.25) is 9.89 Å². The zero-order valence-corrected chi connectivity index (χ0v) is 14.8. The van der Waals surface area contributed by atoms with Crippen molar-refractivity contribution in [1.29, 1.82) is 0 Å². The van der Waals surface area contributed by atoms with Crippen molar-refractivity contribution in [2.75, 3.05) is 0 Å². The highest BCUT2D eigenvalue weighted by Gasteiger charge is 2.14. The predicted octanol–water partition coefficient (Wildman–Crippen LogP) is 2.64. The summed E-state index contributed by atoms with van der Waals surface area (Å²) in [6, 6.07) is 12.7. The molecule has 0 aliphatic carbocycles. The molecule has 0 saturated carbocycles. The first-order chi connectivity index (χ1) is 13.2. The maximum Gasteiger partial charge on any atom is 0.269 e. The Morgan fingerprint density at radius 2 is 2.11 bits per heavy atom. The summed E-state index contributed by atoms with van der Waals surface area (Å²) in [7, 11) is 0. The van der Waals surface area contributed by atoms with E-state index in [1.54, 1.807) is 35.4 Å². The number of hydrogen-bond acceptors (Lipinski definition) is 5. The van der Waals surface area contributed by atoms with E-state index in [-0.39, 0.29) is 12.5 Å². The molecule has 1 amide bonds. The monoisotopic (exact) mass is 379 g/mol. The minimum Gasteiger partial charge on any atom is -0.346 e. The fourth-order valence-electron chi connectivity index (χ4n) is 2.61. The number of carbonyl (C=O) groups is 1. The van der Waals surface area contributed by atoms with Gasteiger partial charge >= 0.3 is 0 Å². The van der Waals surface area contributed by atoms with Crippen molar-refractivity contribution >= 4 is 17.5 Å². The number of aromatic nitrogens is 6. The van der Waals surface area contributed by atoms with Crippen LogP contribution in [0.15, 0.2) is 61.3 Å². The van der Waals surface area contributed by atoms with E-state index in [0.717, 1.165) is 11.1 Å². The molecular weight excluding hydrogens is 366 g/mol. The second-order valence-corrected chi connectivity index (χ2v) is 6.06. The van der Waals surface area contributed by atoms with Gasteiger partial charge in [0.05, 0.1) is 10.7 Å². The number of halogens is 1. The number of aromatic amines is 1. The average Bonchev–Trinajstić information content (AvgIpc) is 3.39. The highest BCUT2D eigenvalue weighted by molar-refractivity contribution is 6.33. The zero-order chi connectivity index (χ0) is 18.6. The Kier molecular flexibility index (Phi) is 4.63. The van der Waals surface area contributed by atoms with E-state index in [2.05, 4.69) is 30.6 Å². The van der Waals surface area contributed by atoms with Crippen molar-refractivity contribution in [3.8, 4) is 17.1 Å². The molecule has 2 N–H and O–H groups in total. The second kappa shape index (κ2) is 7.38. The van der Waals surface area contributed by atoms with Gasteiger partial charge in [-0.05, 0) is 18.2 Å². The van der Waals surface area contributed by atoms with E-state index in [1.807, 2.05) is 24.3 Å². The number of nitrogens with zero attached hydrogens (tertiary/aromatic N) is 5. The lowest BCUT2D eigenvalue weighted by Gasteiger charge is -2.08. The van der Waals surface area contributed by atoms with Crippen molar-refractivity contribution in [2.45, 2.75) is 6.54 Å². The summed E-state index contributed by atoms with van der Waals surface area (Å²) in [5, 5.41) is 14.4. The van der Waals surface area contributed by atoms with Gasteiger partial charge in [-0.15, -0.1) is 0 Å². The van der Waals surface area contributed by atoms with Gasteiger partial charge in [0.1, 0.15) is 18.3 Å². The third kappa shape index (κ3) is 3.56. The number of amides is 1. The van der Waals surface area contributed by atoms with Crippen molar-refractivity contribution in [3.63, 3.8) is 0 Å². The Bertz CT molecular complexity index is 1070. The Balaban J connectivity index is 1.49. The summed E-state index contributed by atoms with van der Waals surface area (Å²) in [5.74, 6) is 0.325. The third-order valence-corrected chi connectivity index (χ3v) is 4.24. The van der Waals surface area contributed by atoms with Crippen LogP contribution < -0.4 is 5.32 Å². The summed E-state index contributed by atoms with van der Waals surface area (Å²) in [6.45, 7) is 0.280. The van der Waals surface area contributed by atoms with Crippen LogP contribution in [-0.2, 0) is 6.54 Å². The quantitative estimate of drug-likeness (QED) is 0.555. The van der Waals surface area contributed by atoms with Gasteiger partial charge in [-0.1, -0.05) is 35.9 Å². The predicted molar refractivity (Wildman–Crippen MR) is 99.4 cm³/mol. The van der Waals surface area contributed by atoms with Gasteiger partial charge in [0.15, 0.2) is 5.82 Å². The fraction of sp³-hybridized carbons (Fsp3) is 0.0556. The number of benzene rings is 1. The Morgan fingerprint density at radius 3 is 2.93 bits per heavy atom. The maximum absolute atomic E-state index is 12.5. The van der Waals surface area contributed by atoms with Crippen LogP contribution in [0.25, 0.3) is 17.1 Å². The lowest BCUT2D eigenvalue weighted by atomic mass is 10.1. The normalized spacial score (nSPS) is 10.7. The number of H-pyrrole nitrogens is 1. The molecule has 27 heavy (non-hydrogen) atoms. The molecule has 0 unspecified atom stereocenters. The molecule has 4 aromatic rings. The van der Waals surface area contributed by atoms with Crippen LogP contribution in [0.4, 0.5) is 0 Å². The SMILES string of the molecule is O=C(NCc1cccnc1-n1cncn1)c1cc(-c2ccccc2Cl)n[nH]1. The molecule has 0 fully saturated rings. The van der Waals surface area contributed by atoms with Crippen LogP contribution in [-0.4, -0.2) is 35.9 Å². The molecule has 3 heterocycles. The summed E-state index contributed by atoms with van der Waals surface area (Å²) >= 11 is 6.18. The lowest BCUT2D eigenvalue weighted by Crippen LogP contribution is -2.24. The van der Waals surface area contributed by atoms with E-state index >= 15 is 0 Å². The first-order valence-corrected chi connectivity index (χ1v) is 8.47. The molecule has 3 aromatic heterocycles. The molecule has 9 heteroatoms. The van der Waals surface area contributed by atoms with Gasteiger partial charge in [-0.2, -0.15) is 10.2 Å². The molecule has 0 atom stereocenters. The van der Waals surface area contributed by atoms with E-state index in [1.165, 1.54) is 6.33 Å².